The zero-order valence-electron chi connectivity index (χ0n) is 16.3. The van der Waals surface area contributed by atoms with E-state index in [1.807, 2.05) is 24.0 Å². The van der Waals surface area contributed by atoms with Gasteiger partial charge in [0.15, 0.2) is 0 Å². The van der Waals surface area contributed by atoms with E-state index in [9.17, 15) is 4.79 Å². The maximum atomic E-state index is 12.9. The molecule has 0 aliphatic carbocycles. The van der Waals surface area contributed by atoms with Crippen LogP contribution in [0.5, 0.6) is 11.6 Å². The number of carbonyl (C=O) groups excluding carboxylic acids is 1. The zero-order valence-corrected chi connectivity index (χ0v) is 17.8. The van der Waals surface area contributed by atoms with Gasteiger partial charge in [0.2, 0.25) is 5.88 Å². The third kappa shape index (κ3) is 4.66. The summed E-state index contributed by atoms with van der Waals surface area (Å²) in [5.74, 6) is 1.81. The van der Waals surface area contributed by atoms with E-state index in [0.29, 0.717) is 46.9 Å². The lowest BCUT2D eigenvalue weighted by molar-refractivity contribution is 0.0673. The summed E-state index contributed by atoms with van der Waals surface area (Å²) < 4.78 is 5.81. The minimum Gasteiger partial charge on any atom is -0.439 e. The van der Waals surface area contributed by atoms with E-state index < -0.39 is 0 Å². The molecule has 30 heavy (non-hydrogen) atoms. The number of ether oxygens (including phenoxy) is 1. The molecule has 0 saturated carbocycles. The molecule has 1 fully saturated rings. The van der Waals surface area contributed by atoms with Crippen molar-refractivity contribution < 1.29 is 9.53 Å². The number of hydrogen-bond acceptors (Lipinski definition) is 5. The molecule has 0 unspecified atom stereocenters. The molecule has 1 aliphatic heterocycles. The standard InChI is InChI=1S/C22H20Cl2N4O2/c1-15-13-27(9-10-28(15)22(29)16-5-7-17(23)8-6-16)20-12-21(26-14-25-20)30-19-4-2-3-18(24)11-19/h2-8,11-12,14-15H,9-10,13H2,1H3/t15-/m0/s1. The molecule has 1 amide bonds. The first kappa shape index (κ1) is 20.4. The Morgan fingerprint density at radius 3 is 2.57 bits per heavy atom. The fourth-order valence-electron chi connectivity index (χ4n) is 3.44. The smallest absolute Gasteiger partial charge is 0.254 e. The molecule has 6 nitrogen and oxygen atoms in total. The van der Waals surface area contributed by atoms with E-state index in [1.54, 1.807) is 42.5 Å². The van der Waals surface area contributed by atoms with Gasteiger partial charge in [0.05, 0.1) is 0 Å². The Bertz CT molecular complexity index is 1050. The number of amides is 1. The third-order valence-electron chi connectivity index (χ3n) is 4.95. The van der Waals surface area contributed by atoms with Crippen molar-refractivity contribution in [3.63, 3.8) is 0 Å². The molecule has 0 spiro atoms. The molecule has 4 rings (SSSR count). The van der Waals surface area contributed by atoms with Crippen molar-refractivity contribution in [1.82, 2.24) is 14.9 Å². The summed E-state index contributed by atoms with van der Waals surface area (Å²) in [6.45, 7) is 3.95. The van der Waals surface area contributed by atoms with Crippen molar-refractivity contribution in [2.24, 2.45) is 0 Å². The first-order chi connectivity index (χ1) is 14.5. The van der Waals surface area contributed by atoms with Crippen LogP contribution in [0.3, 0.4) is 0 Å². The largest absolute Gasteiger partial charge is 0.439 e. The Kier molecular flexibility index (Phi) is 6.06. The lowest BCUT2D eigenvalue weighted by atomic mass is 10.1. The lowest BCUT2D eigenvalue weighted by Crippen LogP contribution is -2.54. The van der Waals surface area contributed by atoms with Gasteiger partial charge in [-0.3, -0.25) is 4.79 Å². The summed E-state index contributed by atoms with van der Waals surface area (Å²) in [6.07, 6.45) is 1.48. The molecule has 0 bridgehead atoms. The van der Waals surface area contributed by atoms with Crippen LogP contribution in [-0.2, 0) is 0 Å². The van der Waals surface area contributed by atoms with Gasteiger partial charge in [-0.1, -0.05) is 29.3 Å². The number of halogens is 2. The zero-order chi connectivity index (χ0) is 21.1. The Morgan fingerprint density at radius 1 is 1.03 bits per heavy atom. The van der Waals surface area contributed by atoms with Crippen LogP contribution in [0.4, 0.5) is 5.82 Å². The van der Waals surface area contributed by atoms with Gasteiger partial charge in [0.1, 0.15) is 17.9 Å². The molecule has 1 aliphatic rings. The summed E-state index contributed by atoms with van der Waals surface area (Å²) >= 11 is 11.9. The van der Waals surface area contributed by atoms with Gasteiger partial charge in [-0.15, -0.1) is 0 Å². The molecule has 1 aromatic heterocycles. The number of piperazine rings is 1. The first-order valence-electron chi connectivity index (χ1n) is 9.56. The fraction of sp³-hybridized carbons (Fsp3) is 0.227. The van der Waals surface area contributed by atoms with Crippen molar-refractivity contribution in [1.29, 1.82) is 0 Å². The second kappa shape index (κ2) is 8.90. The fourth-order valence-corrected chi connectivity index (χ4v) is 3.74. The summed E-state index contributed by atoms with van der Waals surface area (Å²) in [5, 5.41) is 1.21. The van der Waals surface area contributed by atoms with E-state index in [-0.39, 0.29) is 11.9 Å². The first-order valence-corrected chi connectivity index (χ1v) is 10.3. The summed E-state index contributed by atoms with van der Waals surface area (Å²) in [5.41, 5.74) is 0.638. The Morgan fingerprint density at radius 2 is 1.83 bits per heavy atom. The lowest BCUT2D eigenvalue weighted by Gasteiger charge is -2.40. The molecule has 2 aromatic carbocycles. The second-order valence-corrected chi connectivity index (χ2v) is 7.95. The number of aromatic nitrogens is 2. The van der Waals surface area contributed by atoms with E-state index in [1.165, 1.54) is 6.33 Å². The highest BCUT2D eigenvalue weighted by Gasteiger charge is 2.29. The molecule has 8 heteroatoms. The van der Waals surface area contributed by atoms with E-state index in [0.717, 1.165) is 5.82 Å². The van der Waals surface area contributed by atoms with E-state index in [2.05, 4.69) is 14.9 Å². The van der Waals surface area contributed by atoms with Gasteiger partial charge in [-0.25, -0.2) is 9.97 Å². The quantitative estimate of drug-likeness (QED) is 0.573. The molecule has 0 N–H and O–H groups in total. The molecule has 154 valence electrons. The van der Waals surface area contributed by atoms with Crippen molar-refractivity contribution in [3.05, 3.63) is 76.5 Å². The predicted molar refractivity (Wildman–Crippen MR) is 118 cm³/mol. The van der Waals surface area contributed by atoms with Gasteiger partial charge in [-0.2, -0.15) is 0 Å². The van der Waals surface area contributed by atoms with E-state index in [4.69, 9.17) is 27.9 Å². The van der Waals surface area contributed by atoms with Crippen molar-refractivity contribution in [3.8, 4) is 11.6 Å². The molecule has 0 radical (unpaired) electrons. The third-order valence-corrected chi connectivity index (χ3v) is 5.44. The Labute approximate surface area is 185 Å². The highest BCUT2D eigenvalue weighted by atomic mass is 35.5. The van der Waals surface area contributed by atoms with Crippen LogP contribution >= 0.6 is 23.2 Å². The molecular formula is C22H20Cl2N4O2. The number of carbonyl (C=O) groups is 1. The second-order valence-electron chi connectivity index (χ2n) is 7.07. The van der Waals surface area contributed by atoms with Gasteiger partial charge < -0.3 is 14.5 Å². The minimum atomic E-state index is 0.00600. The van der Waals surface area contributed by atoms with Crippen LogP contribution in [0.2, 0.25) is 10.0 Å². The number of nitrogens with zero attached hydrogens (tertiary/aromatic N) is 4. The van der Waals surface area contributed by atoms with Crippen LogP contribution in [0, 0.1) is 0 Å². The summed E-state index contributed by atoms with van der Waals surface area (Å²) in [6, 6.07) is 15.9. The van der Waals surface area contributed by atoms with Gasteiger partial charge in [0, 0.05) is 47.4 Å². The number of anilines is 1. The van der Waals surface area contributed by atoms with Crippen molar-refractivity contribution >= 4 is 34.9 Å². The summed E-state index contributed by atoms with van der Waals surface area (Å²) in [4.78, 5) is 25.4. The van der Waals surface area contributed by atoms with Crippen LogP contribution in [-0.4, -0.2) is 46.5 Å². The predicted octanol–water partition coefficient (Wildman–Crippen LogP) is 4.93. The number of rotatable bonds is 4. The van der Waals surface area contributed by atoms with Gasteiger partial charge in [0.25, 0.3) is 5.91 Å². The molecular weight excluding hydrogens is 423 g/mol. The summed E-state index contributed by atoms with van der Waals surface area (Å²) in [7, 11) is 0. The Hall–Kier alpha value is -2.83. The minimum absolute atomic E-state index is 0.00600. The average molecular weight is 443 g/mol. The maximum absolute atomic E-state index is 12.9. The van der Waals surface area contributed by atoms with Crippen LogP contribution in [0.15, 0.2) is 60.9 Å². The molecule has 2 heterocycles. The monoisotopic (exact) mass is 442 g/mol. The van der Waals surface area contributed by atoms with Crippen LogP contribution in [0.25, 0.3) is 0 Å². The Balaban J connectivity index is 1.44. The van der Waals surface area contributed by atoms with Crippen molar-refractivity contribution in [2.45, 2.75) is 13.0 Å². The van der Waals surface area contributed by atoms with Gasteiger partial charge >= 0.3 is 0 Å². The number of hydrogen-bond donors (Lipinski definition) is 0. The van der Waals surface area contributed by atoms with Crippen LogP contribution < -0.4 is 9.64 Å². The molecule has 1 atom stereocenters. The molecule has 3 aromatic rings. The van der Waals surface area contributed by atoms with Gasteiger partial charge in [-0.05, 0) is 49.4 Å². The number of benzene rings is 2. The highest BCUT2D eigenvalue weighted by Crippen LogP contribution is 2.26. The highest BCUT2D eigenvalue weighted by molar-refractivity contribution is 6.31. The van der Waals surface area contributed by atoms with Crippen molar-refractivity contribution in [2.75, 3.05) is 24.5 Å². The normalized spacial score (nSPS) is 16.4. The van der Waals surface area contributed by atoms with E-state index >= 15 is 0 Å². The average Bonchev–Trinajstić information content (AvgIpc) is 2.74. The maximum Gasteiger partial charge on any atom is 0.254 e. The topological polar surface area (TPSA) is 58.6 Å². The SMILES string of the molecule is C[C@H]1CN(c2cc(Oc3cccc(Cl)c3)ncn2)CCN1C(=O)c1ccc(Cl)cc1. The molecule has 1 saturated heterocycles. The van der Waals surface area contributed by atoms with Crippen LogP contribution in [0.1, 0.15) is 17.3 Å².